The van der Waals surface area contributed by atoms with Crippen molar-refractivity contribution in [3.05, 3.63) is 52.0 Å². The fourth-order valence-corrected chi connectivity index (χ4v) is 4.85. The van der Waals surface area contributed by atoms with Crippen molar-refractivity contribution in [2.24, 2.45) is 0 Å². The first kappa shape index (κ1) is 18.1. The molecule has 26 heavy (non-hydrogen) atoms. The molecular formula is C20H27N3O2S. The molecule has 0 spiro atoms. The van der Waals surface area contributed by atoms with E-state index in [1.807, 2.05) is 11.4 Å². The number of aliphatic hydroxyl groups excluding tert-OH is 1. The highest BCUT2D eigenvalue weighted by atomic mass is 32.1. The predicted octanol–water partition coefficient (Wildman–Crippen LogP) is 2.19. The molecule has 0 radical (unpaired) electrons. The van der Waals surface area contributed by atoms with Crippen LogP contribution in [0.4, 0.5) is 0 Å². The van der Waals surface area contributed by atoms with Crippen LogP contribution in [0.1, 0.15) is 35.5 Å². The summed E-state index contributed by atoms with van der Waals surface area (Å²) in [6, 6.07) is 10.5. The lowest BCUT2D eigenvalue weighted by molar-refractivity contribution is -0.0308. The molecule has 0 amide bonds. The third-order valence-corrected chi connectivity index (χ3v) is 6.40. The van der Waals surface area contributed by atoms with Crippen molar-refractivity contribution in [3.8, 4) is 0 Å². The molecule has 1 aromatic heterocycles. The lowest BCUT2D eigenvalue weighted by Gasteiger charge is -2.37. The monoisotopic (exact) mass is 373 g/mol. The van der Waals surface area contributed by atoms with Crippen LogP contribution < -0.4 is 0 Å². The highest BCUT2D eigenvalue weighted by molar-refractivity contribution is 7.09. The second kappa shape index (κ2) is 7.74. The Balaban J connectivity index is 1.33. The molecule has 140 valence electrons. The molecular weight excluding hydrogens is 346 g/mol. The van der Waals surface area contributed by atoms with Gasteiger partial charge in [0.15, 0.2) is 0 Å². The minimum Gasteiger partial charge on any atom is -0.392 e. The lowest BCUT2D eigenvalue weighted by Crippen LogP contribution is -2.42. The molecule has 2 fully saturated rings. The number of benzene rings is 1. The number of piperidine rings is 1. The van der Waals surface area contributed by atoms with E-state index in [2.05, 4.69) is 34.1 Å². The molecule has 1 aromatic carbocycles. The van der Waals surface area contributed by atoms with Crippen LogP contribution >= 0.6 is 11.3 Å². The molecule has 2 N–H and O–H groups in total. The van der Waals surface area contributed by atoms with Crippen LogP contribution in [0.5, 0.6) is 0 Å². The third kappa shape index (κ3) is 4.15. The smallest absolute Gasteiger partial charge is 0.110 e. The summed E-state index contributed by atoms with van der Waals surface area (Å²) in [5, 5.41) is 23.8. The molecule has 2 aromatic rings. The van der Waals surface area contributed by atoms with Crippen LogP contribution in [0.15, 0.2) is 35.7 Å². The van der Waals surface area contributed by atoms with Gasteiger partial charge in [-0.05, 0) is 24.8 Å². The van der Waals surface area contributed by atoms with Gasteiger partial charge in [-0.25, -0.2) is 4.98 Å². The zero-order valence-electron chi connectivity index (χ0n) is 15.0. The Labute approximate surface area is 158 Å². The maximum Gasteiger partial charge on any atom is 0.110 e. The molecule has 0 saturated carbocycles. The van der Waals surface area contributed by atoms with Gasteiger partial charge in [-0.15, -0.1) is 11.3 Å². The molecule has 2 aliphatic heterocycles. The Kier molecular flexibility index (Phi) is 5.38. The van der Waals surface area contributed by atoms with E-state index in [0.717, 1.165) is 69.2 Å². The number of aliphatic hydroxyl groups is 2. The first-order chi connectivity index (χ1) is 12.6. The summed E-state index contributed by atoms with van der Waals surface area (Å²) >= 11 is 1.63. The fraction of sp³-hybridized carbons (Fsp3) is 0.550. The molecule has 2 saturated heterocycles. The number of nitrogens with zero attached hydrogens (tertiary/aromatic N) is 3. The van der Waals surface area contributed by atoms with Crippen LogP contribution in [-0.4, -0.2) is 57.3 Å². The lowest BCUT2D eigenvalue weighted by atomic mass is 9.88. The van der Waals surface area contributed by atoms with E-state index in [-0.39, 0.29) is 6.10 Å². The predicted molar refractivity (Wildman–Crippen MR) is 103 cm³/mol. The van der Waals surface area contributed by atoms with Crippen molar-refractivity contribution in [1.29, 1.82) is 0 Å². The van der Waals surface area contributed by atoms with Crippen molar-refractivity contribution < 1.29 is 10.2 Å². The summed E-state index contributed by atoms with van der Waals surface area (Å²) in [6.45, 7) is 5.14. The summed E-state index contributed by atoms with van der Waals surface area (Å²) in [4.78, 5) is 9.37. The van der Waals surface area contributed by atoms with E-state index >= 15 is 0 Å². The van der Waals surface area contributed by atoms with Crippen molar-refractivity contribution in [3.63, 3.8) is 0 Å². The van der Waals surface area contributed by atoms with E-state index in [4.69, 9.17) is 4.98 Å². The van der Waals surface area contributed by atoms with Gasteiger partial charge >= 0.3 is 0 Å². The summed E-state index contributed by atoms with van der Waals surface area (Å²) in [6.07, 6.45) is 2.10. The van der Waals surface area contributed by atoms with Gasteiger partial charge in [0.05, 0.1) is 18.3 Å². The number of aromatic nitrogens is 1. The average molecular weight is 374 g/mol. The van der Waals surface area contributed by atoms with Gasteiger partial charge in [0, 0.05) is 38.1 Å². The Bertz CT molecular complexity index is 713. The number of rotatable bonds is 5. The highest BCUT2D eigenvalue weighted by Gasteiger charge is 2.36. The van der Waals surface area contributed by atoms with Crippen LogP contribution in [-0.2, 0) is 18.7 Å². The molecule has 6 heteroatoms. The van der Waals surface area contributed by atoms with E-state index < -0.39 is 5.60 Å². The molecule has 3 heterocycles. The Morgan fingerprint density at radius 3 is 2.54 bits per heavy atom. The normalized spacial score (nSPS) is 24.2. The van der Waals surface area contributed by atoms with Crippen molar-refractivity contribution >= 4 is 11.3 Å². The van der Waals surface area contributed by atoms with Gasteiger partial charge in [-0.3, -0.25) is 9.80 Å². The molecule has 4 rings (SSSR count). The standard InChI is InChI=1S/C20H27N3O2S/c24-17-6-9-23(13-17)14-19-21-18(15-26-19)20(25)7-10-22(11-8-20)12-16-4-2-1-3-5-16/h1-5,15,17,24-25H,6-14H2. The van der Waals surface area contributed by atoms with Crippen LogP contribution in [0.3, 0.4) is 0 Å². The molecule has 1 atom stereocenters. The van der Waals surface area contributed by atoms with Crippen molar-refractivity contribution in [1.82, 2.24) is 14.8 Å². The zero-order chi connectivity index (χ0) is 18.0. The fourth-order valence-electron chi connectivity index (χ4n) is 3.92. The van der Waals surface area contributed by atoms with E-state index in [0.29, 0.717) is 0 Å². The Morgan fingerprint density at radius 1 is 1.08 bits per heavy atom. The van der Waals surface area contributed by atoms with Gasteiger partial charge in [-0.1, -0.05) is 30.3 Å². The summed E-state index contributed by atoms with van der Waals surface area (Å²) in [5.41, 5.74) is 1.35. The van der Waals surface area contributed by atoms with Crippen LogP contribution in [0, 0.1) is 0 Å². The van der Waals surface area contributed by atoms with Gasteiger partial charge in [0.25, 0.3) is 0 Å². The Hall–Kier alpha value is -1.31. The SMILES string of the molecule is OC1CCN(Cc2nc(C3(O)CCN(Cc4ccccc4)CC3)cs2)C1. The van der Waals surface area contributed by atoms with Crippen molar-refractivity contribution in [2.75, 3.05) is 26.2 Å². The van der Waals surface area contributed by atoms with E-state index in [1.165, 1.54) is 5.56 Å². The summed E-state index contributed by atoms with van der Waals surface area (Å²) in [7, 11) is 0. The first-order valence-corrected chi connectivity index (χ1v) is 10.3. The Morgan fingerprint density at radius 2 is 1.85 bits per heavy atom. The topological polar surface area (TPSA) is 59.8 Å². The molecule has 0 bridgehead atoms. The maximum absolute atomic E-state index is 11.1. The molecule has 2 aliphatic rings. The number of β-amino-alcohol motifs (C(OH)–C–C–N with tert-alkyl or cyclic N) is 1. The molecule has 0 aliphatic carbocycles. The highest BCUT2D eigenvalue weighted by Crippen LogP contribution is 2.34. The summed E-state index contributed by atoms with van der Waals surface area (Å²) in [5.74, 6) is 0. The number of thiazole rings is 1. The largest absolute Gasteiger partial charge is 0.392 e. The maximum atomic E-state index is 11.1. The summed E-state index contributed by atoms with van der Waals surface area (Å²) < 4.78 is 0. The quantitative estimate of drug-likeness (QED) is 0.841. The van der Waals surface area contributed by atoms with Gasteiger partial charge < -0.3 is 10.2 Å². The van der Waals surface area contributed by atoms with Gasteiger partial charge in [-0.2, -0.15) is 0 Å². The average Bonchev–Trinajstić information content (AvgIpc) is 3.28. The number of hydrogen-bond donors (Lipinski definition) is 2. The van der Waals surface area contributed by atoms with Gasteiger partial charge in [0.2, 0.25) is 0 Å². The minimum atomic E-state index is -0.799. The van der Waals surface area contributed by atoms with E-state index in [9.17, 15) is 10.2 Å². The zero-order valence-corrected chi connectivity index (χ0v) is 15.9. The first-order valence-electron chi connectivity index (χ1n) is 9.45. The van der Waals surface area contributed by atoms with Gasteiger partial charge in [0.1, 0.15) is 10.6 Å². The van der Waals surface area contributed by atoms with E-state index in [1.54, 1.807) is 11.3 Å². The number of hydrogen-bond acceptors (Lipinski definition) is 6. The van der Waals surface area contributed by atoms with Crippen LogP contribution in [0.25, 0.3) is 0 Å². The van der Waals surface area contributed by atoms with Crippen molar-refractivity contribution in [2.45, 2.75) is 44.1 Å². The minimum absolute atomic E-state index is 0.201. The second-order valence-corrected chi connectivity index (χ2v) is 8.54. The molecule has 1 unspecified atom stereocenters. The van der Waals surface area contributed by atoms with Crippen LogP contribution in [0.2, 0.25) is 0 Å². The molecule has 5 nitrogen and oxygen atoms in total. The second-order valence-electron chi connectivity index (χ2n) is 7.60. The third-order valence-electron chi connectivity index (χ3n) is 5.57. The number of likely N-dealkylation sites (tertiary alicyclic amines) is 2.